The van der Waals surface area contributed by atoms with E-state index in [4.69, 9.17) is 4.74 Å². The molecule has 5 aliphatic rings. The van der Waals surface area contributed by atoms with E-state index in [2.05, 4.69) is 69.6 Å². The molecule has 39 heavy (non-hydrogen) atoms. The molecule has 1 N–H and O–H groups in total. The Morgan fingerprint density at radius 3 is 2.18 bits per heavy atom. The second-order valence-electron chi connectivity index (χ2n) is 17.8. The van der Waals surface area contributed by atoms with Crippen LogP contribution in [-0.4, -0.2) is 56.0 Å². The molecule has 0 radical (unpaired) electrons. The van der Waals surface area contributed by atoms with Gasteiger partial charge in [-0.15, -0.1) is 0 Å². The maximum atomic E-state index is 14.1. The van der Waals surface area contributed by atoms with Crippen LogP contribution in [0.5, 0.6) is 0 Å². The van der Waals surface area contributed by atoms with Gasteiger partial charge in [-0.25, -0.2) is 0 Å². The van der Waals surface area contributed by atoms with Crippen molar-refractivity contribution in [1.29, 1.82) is 0 Å². The summed E-state index contributed by atoms with van der Waals surface area (Å²) >= 11 is 0. The van der Waals surface area contributed by atoms with E-state index in [1.54, 1.807) is 0 Å². The van der Waals surface area contributed by atoms with Crippen molar-refractivity contribution in [2.24, 2.45) is 62.6 Å². The van der Waals surface area contributed by atoms with Crippen molar-refractivity contribution in [2.45, 2.75) is 119 Å². The molecule has 0 aromatic rings. The highest BCUT2D eigenvalue weighted by Crippen LogP contribution is 2.77. The third-order valence-electron chi connectivity index (χ3n) is 14.7. The smallest absolute Gasteiger partial charge is 0.312 e. The van der Waals surface area contributed by atoms with E-state index in [0.29, 0.717) is 52.9 Å². The predicted molar refractivity (Wildman–Crippen MR) is 159 cm³/mol. The average Bonchev–Trinajstić information content (AvgIpc) is 3.23. The topological polar surface area (TPSA) is 46.5 Å². The van der Waals surface area contributed by atoms with Crippen LogP contribution in [0.15, 0.2) is 0 Å². The van der Waals surface area contributed by atoms with Crippen LogP contribution in [0.4, 0.5) is 0 Å². The number of nitrogens with zero attached hydrogens (tertiary/aromatic N) is 1. The molecule has 0 unspecified atom stereocenters. The highest BCUT2D eigenvalue weighted by molar-refractivity contribution is 5.78. The van der Waals surface area contributed by atoms with Crippen molar-refractivity contribution in [3.05, 3.63) is 0 Å². The number of ether oxygens (including phenoxy) is 1. The third-order valence-corrected chi connectivity index (χ3v) is 14.7. The Bertz CT molecular complexity index is 952. The van der Waals surface area contributed by atoms with E-state index >= 15 is 0 Å². The van der Waals surface area contributed by atoms with Gasteiger partial charge in [0.2, 0.25) is 0 Å². The number of hydrogen-bond acceptors (Lipinski definition) is 3. The van der Waals surface area contributed by atoms with Crippen LogP contribution in [0.1, 0.15) is 113 Å². The highest BCUT2D eigenvalue weighted by Gasteiger charge is 2.72. The molecule has 5 saturated carbocycles. The molecule has 0 amide bonds. The van der Waals surface area contributed by atoms with Crippen molar-refractivity contribution in [2.75, 3.05) is 34.3 Å². The minimum atomic E-state index is -0.273. The fourth-order valence-electron chi connectivity index (χ4n) is 12.3. The molecule has 5 aliphatic carbocycles. The molecule has 224 valence electrons. The number of likely N-dealkylation sites (N-methyl/N-ethyl adjacent to an activating group) is 1. The molecule has 0 heterocycles. The van der Waals surface area contributed by atoms with Crippen LogP contribution in [-0.2, 0) is 9.53 Å². The summed E-state index contributed by atoms with van der Waals surface area (Å²) < 4.78 is 7.00. The SMILES string of the molecule is CC(C)[C@@H]1CC[C@]2(C(=O)OCC[N+](C)(C)C)CC[C@]3(C)[C@H](CC[C@@H]4[C@@]5(C)CC[C@H](O)C(C)(C)[C@@H]5CC[C@]43C)[C@@H]12. The normalized spacial score (nSPS) is 49.0. The summed E-state index contributed by atoms with van der Waals surface area (Å²) in [6.45, 7) is 18.9. The lowest BCUT2D eigenvalue weighted by atomic mass is 9.32. The quantitative estimate of drug-likeness (QED) is 0.291. The second-order valence-corrected chi connectivity index (χ2v) is 17.8. The first kappa shape index (κ1) is 29.9. The van der Waals surface area contributed by atoms with Gasteiger partial charge in [0, 0.05) is 0 Å². The first-order valence-corrected chi connectivity index (χ1v) is 16.6. The summed E-state index contributed by atoms with van der Waals surface area (Å²) in [5.41, 5.74) is 0.583. The van der Waals surface area contributed by atoms with E-state index in [-0.39, 0.29) is 28.3 Å². The van der Waals surface area contributed by atoms with Gasteiger partial charge in [0.1, 0.15) is 13.2 Å². The maximum Gasteiger partial charge on any atom is 0.312 e. The summed E-state index contributed by atoms with van der Waals surface area (Å²) in [5.74, 6) is 3.74. The minimum absolute atomic E-state index is 0.00246. The van der Waals surface area contributed by atoms with Gasteiger partial charge < -0.3 is 14.3 Å². The summed E-state index contributed by atoms with van der Waals surface area (Å²) in [7, 11) is 6.52. The molecule has 0 bridgehead atoms. The van der Waals surface area contributed by atoms with E-state index in [0.717, 1.165) is 30.3 Å². The highest BCUT2D eigenvalue weighted by atomic mass is 16.5. The largest absolute Gasteiger partial charge is 0.459 e. The predicted octanol–water partition coefficient (Wildman–Crippen LogP) is 7.33. The molecule has 0 aliphatic heterocycles. The van der Waals surface area contributed by atoms with E-state index < -0.39 is 0 Å². The zero-order valence-electron chi connectivity index (χ0n) is 27.2. The van der Waals surface area contributed by atoms with Gasteiger partial charge in [-0.1, -0.05) is 48.5 Å². The number of carbonyl (C=O) groups is 1. The van der Waals surface area contributed by atoms with Gasteiger partial charge >= 0.3 is 5.97 Å². The van der Waals surface area contributed by atoms with Crippen LogP contribution in [0.3, 0.4) is 0 Å². The van der Waals surface area contributed by atoms with Crippen molar-refractivity contribution in [1.82, 2.24) is 0 Å². The molecule has 5 rings (SSSR count). The average molecular weight is 545 g/mol. The van der Waals surface area contributed by atoms with Gasteiger partial charge in [0.25, 0.3) is 0 Å². The standard InChI is InChI=1S/C35H62NO3/c1-23(2)24-13-18-35(30(38)39-22-21-36(8,9)10)20-19-33(6)25(29(24)35)11-12-27-32(5)16-15-28(37)31(3,4)26(32)14-17-34(27,33)7/h23-29,37H,11-22H2,1-10H3/q+1/t24-,25+,26-,27+,28-,29+,32-,33+,34+,35-/m0/s1. The van der Waals surface area contributed by atoms with E-state index in [1.807, 2.05) is 0 Å². The lowest BCUT2D eigenvalue weighted by molar-refractivity contribution is -0.870. The number of quaternary nitrogens is 1. The number of rotatable bonds is 5. The molecule has 0 aromatic carbocycles. The molecule has 0 spiro atoms. The molecule has 0 saturated heterocycles. The Morgan fingerprint density at radius 2 is 1.54 bits per heavy atom. The van der Waals surface area contributed by atoms with Gasteiger partial charge in [-0.05, 0) is 121 Å². The summed E-state index contributed by atoms with van der Waals surface area (Å²) in [5, 5.41) is 11.0. The monoisotopic (exact) mass is 544 g/mol. The van der Waals surface area contributed by atoms with Gasteiger partial charge in [0.05, 0.1) is 32.7 Å². The number of esters is 1. The lowest BCUT2D eigenvalue weighted by Gasteiger charge is -2.72. The van der Waals surface area contributed by atoms with Gasteiger partial charge in [-0.3, -0.25) is 4.79 Å². The Kier molecular flexibility index (Phi) is 7.24. The fraction of sp³-hybridized carbons (Fsp3) is 0.971. The summed E-state index contributed by atoms with van der Waals surface area (Å²) in [4.78, 5) is 14.1. The van der Waals surface area contributed by atoms with Gasteiger partial charge in [-0.2, -0.15) is 0 Å². The number of aliphatic hydroxyl groups excluding tert-OH is 1. The Balaban J connectivity index is 1.48. The lowest BCUT2D eigenvalue weighted by Crippen LogP contribution is -2.67. The maximum absolute atomic E-state index is 14.1. The van der Waals surface area contributed by atoms with Crippen LogP contribution in [0, 0.1) is 62.6 Å². The Labute approximate surface area is 240 Å². The minimum Gasteiger partial charge on any atom is -0.459 e. The van der Waals surface area contributed by atoms with Gasteiger partial charge in [0.15, 0.2) is 0 Å². The fourth-order valence-corrected chi connectivity index (χ4v) is 12.3. The molecule has 4 nitrogen and oxygen atoms in total. The number of hydrogen-bond donors (Lipinski definition) is 1. The van der Waals surface area contributed by atoms with Crippen LogP contribution in [0.2, 0.25) is 0 Å². The zero-order chi connectivity index (χ0) is 28.8. The Hall–Kier alpha value is -0.610. The first-order chi connectivity index (χ1) is 17.9. The van der Waals surface area contributed by atoms with Crippen LogP contribution >= 0.6 is 0 Å². The van der Waals surface area contributed by atoms with Crippen molar-refractivity contribution in [3.8, 4) is 0 Å². The zero-order valence-corrected chi connectivity index (χ0v) is 27.2. The van der Waals surface area contributed by atoms with Crippen molar-refractivity contribution in [3.63, 3.8) is 0 Å². The number of carbonyl (C=O) groups excluding carboxylic acids is 1. The van der Waals surface area contributed by atoms with Crippen molar-refractivity contribution >= 4 is 5.97 Å². The van der Waals surface area contributed by atoms with Crippen LogP contribution in [0.25, 0.3) is 0 Å². The van der Waals surface area contributed by atoms with E-state index in [1.165, 1.54) is 44.9 Å². The number of aliphatic hydroxyl groups is 1. The number of fused-ring (bicyclic) bond motifs is 7. The second kappa shape index (κ2) is 9.45. The van der Waals surface area contributed by atoms with Crippen LogP contribution < -0.4 is 0 Å². The molecule has 10 atom stereocenters. The first-order valence-electron chi connectivity index (χ1n) is 16.6. The molecule has 0 aromatic heterocycles. The summed E-state index contributed by atoms with van der Waals surface area (Å²) in [6, 6.07) is 0. The molecule has 5 fully saturated rings. The molecule has 4 heteroatoms. The van der Waals surface area contributed by atoms with Crippen molar-refractivity contribution < 1.29 is 19.1 Å². The van der Waals surface area contributed by atoms with E-state index in [9.17, 15) is 9.90 Å². The Morgan fingerprint density at radius 1 is 0.846 bits per heavy atom. The third kappa shape index (κ3) is 4.22. The molecular formula is C35H62NO3+. The molecular weight excluding hydrogens is 482 g/mol. The summed E-state index contributed by atoms with van der Waals surface area (Å²) in [6.07, 6.45) is 11.4.